The van der Waals surface area contributed by atoms with Crippen molar-refractivity contribution in [3.63, 3.8) is 0 Å². The standard InChI is InChI=1S/C18H20N2O4/c19-17(22)18-5-6-23-10-13(18)8-20(11-18)16(21)7-12-9-24-15-4-2-1-3-14(12)15/h1-4,9,13H,5-8,10-11H2,(H2,19,22)/t13-,18+/m1/s1. The molecule has 1 aromatic heterocycles. The molecule has 2 aliphatic rings. The van der Waals surface area contributed by atoms with Crippen molar-refractivity contribution in [2.75, 3.05) is 26.3 Å². The molecule has 2 N–H and O–H groups in total. The second-order valence-electron chi connectivity index (χ2n) is 6.75. The van der Waals surface area contributed by atoms with Gasteiger partial charge in [0.1, 0.15) is 5.58 Å². The third-order valence-corrected chi connectivity index (χ3v) is 5.45. The molecular formula is C18H20N2O4. The fraction of sp³-hybridized carbons (Fsp3) is 0.444. The molecule has 0 radical (unpaired) electrons. The molecule has 0 spiro atoms. The highest BCUT2D eigenvalue weighted by atomic mass is 16.5. The fourth-order valence-electron chi connectivity index (χ4n) is 3.99. The van der Waals surface area contributed by atoms with Crippen LogP contribution in [0.3, 0.4) is 0 Å². The van der Waals surface area contributed by atoms with Gasteiger partial charge in [0.25, 0.3) is 0 Å². The lowest BCUT2D eigenvalue weighted by Gasteiger charge is -2.34. The number of benzene rings is 1. The van der Waals surface area contributed by atoms with Gasteiger partial charge in [-0.25, -0.2) is 0 Å². The molecule has 0 unspecified atom stereocenters. The molecular weight excluding hydrogens is 308 g/mol. The highest BCUT2D eigenvalue weighted by molar-refractivity contribution is 5.89. The summed E-state index contributed by atoms with van der Waals surface area (Å²) in [6.07, 6.45) is 2.49. The Morgan fingerprint density at radius 3 is 2.96 bits per heavy atom. The molecule has 6 heteroatoms. The first-order valence-electron chi connectivity index (χ1n) is 8.21. The van der Waals surface area contributed by atoms with E-state index in [1.165, 1.54) is 0 Å². The van der Waals surface area contributed by atoms with Gasteiger partial charge < -0.3 is 19.8 Å². The number of primary amides is 1. The summed E-state index contributed by atoms with van der Waals surface area (Å²) < 4.78 is 11.0. The van der Waals surface area contributed by atoms with Crippen molar-refractivity contribution >= 4 is 22.8 Å². The number of nitrogens with two attached hydrogens (primary N) is 1. The molecule has 24 heavy (non-hydrogen) atoms. The second kappa shape index (κ2) is 5.63. The molecule has 2 saturated heterocycles. The van der Waals surface area contributed by atoms with E-state index >= 15 is 0 Å². The van der Waals surface area contributed by atoms with E-state index in [-0.39, 0.29) is 24.2 Å². The first kappa shape index (κ1) is 15.2. The van der Waals surface area contributed by atoms with Crippen molar-refractivity contribution in [1.82, 2.24) is 4.90 Å². The lowest BCUT2D eigenvalue weighted by Crippen LogP contribution is -2.48. The van der Waals surface area contributed by atoms with Crippen LogP contribution in [0.5, 0.6) is 0 Å². The van der Waals surface area contributed by atoms with E-state index in [9.17, 15) is 9.59 Å². The zero-order valence-corrected chi connectivity index (χ0v) is 13.4. The maximum Gasteiger partial charge on any atom is 0.227 e. The highest BCUT2D eigenvalue weighted by Crippen LogP contribution is 2.42. The fourth-order valence-corrected chi connectivity index (χ4v) is 3.99. The molecule has 2 aliphatic heterocycles. The van der Waals surface area contributed by atoms with Gasteiger partial charge in [0.2, 0.25) is 11.8 Å². The first-order chi connectivity index (χ1) is 11.6. The van der Waals surface area contributed by atoms with Crippen molar-refractivity contribution in [3.8, 4) is 0 Å². The monoisotopic (exact) mass is 328 g/mol. The summed E-state index contributed by atoms with van der Waals surface area (Å²) in [7, 11) is 0. The van der Waals surface area contributed by atoms with E-state index < -0.39 is 5.41 Å². The zero-order chi connectivity index (χ0) is 16.7. The van der Waals surface area contributed by atoms with Gasteiger partial charge in [-0.15, -0.1) is 0 Å². The quantitative estimate of drug-likeness (QED) is 0.921. The van der Waals surface area contributed by atoms with Crippen molar-refractivity contribution in [2.45, 2.75) is 12.8 Å². The van der Waals surface area contributed by atoms with Crippen LogP contribution in [-0.4, -0.2) is 43.0 Å². The van der Waals surface area contributed by atoms with Gasteiger partial charge in [-0.2, -0.15) is 0 Å². The maximum absolute atomic E-state index is 12.8. The van der Waals surface area contributed by atoms with Crippen molar-refractivity contribution in [1.29, 1.82) is 0 Å². The van der Waals surface area contributed by atoms with Crippen molar-refractivity contribution in [2.24, 2.45) is 17.1 Å². The van der Waals surface area contributed by atoms with Crippen LogP contribution < -0.4 is 5.73 Å². The normalized spacial score (nSPS) is 26.5. The van der Waals surface area contributed by atoms with E-state index in [1.54, 1.807) is 11.2 Å². The summed E-state index contributed by atoms with van der Waals surface area (Å²) in [5, 5.41) is 0.954. The smallest absolute Gasteiger partial charge is 0.227 e. The number of para-hydroxylation sites is 1. The molecule has 4 rings (SSSR count). The van der Waals surface area contributed by atoms with Crippen LogP contribution in [0.4, 0.5) is 0 Å². The average Bonchev–Trinajstić information content (AvgIpc) is 3.17. The van der Waals surface area contributed by atoms with Gasteiger partial charge in [-0.3, -0.25) is 9.59 Å². The van der Waals surface area contributed by atoms with Crippen LogP contribution >= 0.6 is 0 Å². The van der Waals surface area contributed by atoms with Crippen LogP contribution in [-0.2, 0) is 20.7 Å². The topological polar surface area (TPSA) is 85.8 Å². The lowest BCUT2D eigenvalue weighted by molar-refractivity contribution is -0.136. The molecule has 3 heterocycles. The van der Waals surface area contributed by atoms with Crippen LogP contribution in [0.1, 0.15) is 12.0 Å². The SMILES string of the molecule is NC(=O)[C@]12CCOC[C@H]1CN(C(=O)Cc1coc3ccccc13)C2. The molecule has 1 aromatic carbocycles. The Labute approximate surface area is 139 Å². The van der Waals surface area contributed by atoms with E-state index in [2.05, 4.69) is 0 Å². The summed E-state index contributed by atoms with van der Waals surface area (Å²) in [5.74, 6) is -0.328. The molecule has 6 nitrogen and oxygen atoms in total. The van der Waals surface area contributed by atoms with E-state index in [1.807, 2.05) is 24.3 Å². The van der Waals surface area contributed by atoms with E-state index in [0.29, 0.717) is 32.7 Å². The second-order valence-corrected chi connectivity index (χ2v) is 6.75. The number of hydrogen-bond acceptors (Lipinski definition) is 4. The van der Waals surface area contributed by atoms with Gasteiger partial charge >= 0.3 is 0 Å². The molecule has 0 bridgehead atoms. The van der Waals surface area contributed by atoms with Gasteiger partial charge in [0.05, 0.1) is 24.7 Å². The van der Waals surface area contributed by atoms with Crippen molar-refractivity contribution < 1.29 is 18.7 Å². The lowest BCUT2D eigenvalue weighted by atomic mass is 9.74. The minimum absolute atomic E-state index is 0.00317. The number of carbonyl (C=O) groups excluding carboxylic acids is 2. The summed E-state index contributed by atoms with van der Waals surface area (Å²) in [4.78, 5) is 26.5. The number of amides is 2. The highest BCUT2D eigenvalue weighted by Gasteiger charge is 2.53. The Hall–Kier alpha value is -2.34. The molecule has 0 aliphatic carbocycles. The van der Waals surface area contributed by atoms with E-state index in [0.717, 1.165) is 16.5 Å². The number of nitrogens with zero attached hydrogens (tertiary/aromatic N) is 1. The number of rotatable bonds is 3. The Bertz CT molecular complexity index is 799. The van der Waals surface area contributed by atoms with Crippen LogP contribution in [0.2, 0.25) is 0 Å². The third-order valence-electron chi connectivity index (χ3n) is 5.45. The van der Waals surface area contributed by atoms with Gasteiger partial charge in [0.15, 0.2) is 0 Å². The zero-order valence-electron chi connectivity index (χ0n) is 13.4. The Kier molecular flexibility index (Phi) is 3.57. The number of ether oxygens (including phenoxy) is 1. The van der Waals surface area contributed by atoms with E-state index in [4.69, 9.17) is 14.9 Å². The largest absolute Gasteiger partial charge is 0.464 e. The summed E-state index contributed by atoms with van der Waals surface area (Å²) in [6.45, 7) is 1.93. The van der Waals surface area contributed by atoms with Crippen molar-refractivity contribution in [3.05, 3.63) is 36.1 Å². The maximum atomic E-state index is 12.8. The Morgan fingerprint density at radius 2 is 2.17 bits per heavy atom. The molecule has 126 valence electrons. The van der Waals surface area contributed by atoms with Crippen LogP contribution in [0.25, 0.3) is 11.0 Å². The molecule has 2 fully saturated rings. The van der Waals surface area contributed by atoms with Crippen LogP contribution in [0.15, 0.2) is 34.9 Å². The first-order valence-corrected chi connectivity index (χ1v) is 8.21. The molecule has 2 amide bonds. The summed E-state index contributed by atoms with van der Waals surface area (Å²) in [6, 6.07) is 7.66. The van der Waals surface area contributed by atoms with Crippen LogP contribution in [0, 0.1) is 11.3 Å². The Morgan fingerprint density at radius 1 is 1.33 bits per heavy atom. The average molecular weight is 328 g/mol. The number of hydrogen-bond donors (Lipinski definition) is 1. The number of fused-ring (bicyclic) bond motifs is 2. The third kappa shape index (κ3) is 2.29. The number of carbonyl (C=O) groups is 2. The molecule has 0 saturated carbocycles. The molecule has 2 aromatic rings. The number of likely N-dealkylation sites (tertiary alicyclic amines) is 1. The number of furan rings is 1. The van der Waals surface area contributed by atoms with Gasteiger partial charge in [-0.1, -0.05) is 18.2 Å². The Balaban J connectivity index is 1.54. The summed E-state index contributed by atoms with van der Waals surface area (Å²) in [5.41, 5.74) is 6.68. The van der Waals surface area contributed by atoms with Gasteiger partial charge in [-0.05, 0) is 12.5 Å². The predicted octanol–water partition coefficient (Wildman–Crippen LogP) is 1.33. The molecule has 2 atom stereocenters. The minimum atomic E-state index is -0.633. The minimum Gasteiger partial charge on any atom is -0.464 e. The van der Waals surface area contributed by atoms with Gasteiger partial charge in [0, 0.05) is 36.6 Å². The summed E-state index contributed by atoms with van der Waals surface area (Å²) >= 11 is 0. The predicted molar refractivity (Wildman–Crippen MR) is 87.1 cm³/mol.